The summed E-state index contributed by atoms with van der Waals surface area (Å²) in [5, 5.41) is 3.44. The van der Waals surface area contributed by atoms with Crippen LogP contribution in [0.1, 0.15) is 22.7 Å². The predicted molar refractivity (Wildman–Crippen MR) is 85.0 cm³/mol. The molecule has 3 rings (SSSR count). The third kappa shape index (κ3) is 3.12. The molecule has 7 heteroatoms. The number of nitrogens with zero attached hydrogens (tertiary/aromatic N) is 3. The van der Waals surface area contributed by atoms with Crippen molar-refractivity contribution in [3.05, 3.63) is 47.1 Å². The average Bonchev–Trinajstić information content (AvgIpc) is 3.05. The molecule has 0 unspecified atom stereocenters. The number of hydrogen-bond donors (Lipinski definition) is 2. The predicted octanol–water partition coefficient (Wildman–Crippen LogP) is 2.31. The lowest BCUT2D eigenvalue weighted by Crippen LogP contribution is -2.26. The summed E-state index contributed by atoms with van der Waals surface area (Å²) in [5.74, 6) is 0.755. The zero-order chi connectivity index (χ0) is 15.5. The molecule has 0 saturated heterocycles. The number of aromatic nitrogens is 4. The molecule has 0 radical (unpaired) electrons. The summed E-state index contributed by atoms with van der Waals surface area (Å²) in [4.78, 5) is 23.8. The van der Waals surface area contributed by atoms with Gasteiger partial charge in [0.05, 0.1) is 10.5 Å². The van der Waals surface area contributed by atoms with Crippen molar-refractivity contribution in [2.45, 2.75) is 12.8 Å². The minimum absolute atomic E-state index is 0.124. The van der Waals surface area contributed by atoms with Gasteiger partial charge in [-0.2, -0.15) is 0 Å². The first-order valence-electron chi connectivity index (χ1n) is 7.03. The number of pyridine rings is 1. The van der Waals surface area contributed by atoms with Gasteiger partial charge >= 0.3 is 0 Å². The van der Waals surface area contributed by atoms with Crippen LogP contribution in [0.5, 0.6) is 0 Å². The van der Waals surface area contributed by atoms with Crippen molar-refractivity contribution in [1.82, 2.24) is 24.8 Å². The Balaban J connectivity index is 1.51. The Morgan fingerprint density at radius 2 is 2.36 bits per heavy atom. The van der Waals surface area contributed by atoms with E-state index in [1.807, 2.05) is 12.1 Å². The second kappa shape index (κ2) is 6.19. The topological polar surface area (TPSA) is 75.6 Å². The van der Waals surface area contributed by atoms with E-state index in [1.165, 1.54) is 0 Å². The first kappa shape index (κ1) is 14.6. The number of aromatic amines is 1. The Labute approximate surface area is 132 Å². The molecular weight excluding hydrogens is 302 g/mol. The van der Waals surface area contributed by atoms with Gasteiger partial charge in [-0.25, -0.2) is 9.97 Å². The summed E-state index contributed by atoms with van der Waals surface area (Å²) in [5.41, 5.74) is 2.21. The average molecular weight is 318 g/mol. The Bertz CT molecular complexity index is 774. The highest BCUT2D eigenvalue weighted by Crippen LogP contribution is 2.12. The van der Waals surface area contributed by atoms with Gasteiger partial charge in [0.25, 0.3) is 5.91 Å². The van der Waals surface area contributed by atoms with E-state index in [-0.39, 0.29) is 5.91 Å². The number of amides is 1. The maximum atomic E-state index is 12.0. The van der Waals surface area contributed by atoms with E-state index in [0.717, 1.165) is 29.8 Å². The standard InChI is InChI=1S/C15H16ClN5O/c1-21-9-10(16)8-12(21)15(22)18-7-3-5-13-19-11-4-2-6-17-14(11)20-13/h2,4,6,8-9H,3,5,7H2,1H3,(H,18,22)(H,17,19,20). The van der Waals surface area contributed by atoms with Gasteiger partial charge in [-0.1, -0.05) is 11.6 Å². The van der Waals surface area contributed by atoms with E-state index in [2.05, 4.69) is 20.3 Å². The highest BCUT2D eigenvalue weighted by Gasteiger charge is 2.10. The Morgan fingerprint density at radius 3 is 3.09 bits per heavy atom. The number of imidazole rings is 1. The maximum Gasteiger partial charge on any atom is 0.267 e. The van der Waals surface area contributed by atoms with Crippen molar-refractivity contribution in [2.24, 2.45) is 7.05 Å². The zero-order valence-corrected chi connectivity index (χ0v) is 12.9. The highest BCUT2D eigenvalue weighted by molar-refractivity contribution is 6.31. The molecule has 0 atom stereocenters. The molecule has 2 N–H and O–H groups in total. The fourth-order valence-electron chi connectivity index (χ4n) is 2.31. The third-order valence-electron chi connectivity index (χ3n) is 3.39. The summed E-state index contributed by atoms with van der Waals surface area (Å²) < 4.78 is 1.71. The SMILES string of the molecule is Cn1cc(Cl)cc1C(=O)NCCCc1nc2ncccc2[nH]1. The monoisotopic (exact) mass is 317 g/mol. The number of fused-ring (bicyclic) bond motifs is 1. The van der Waals surface area contributed by atoms with Crippen molar-refractivity contribution in [2.75, 3.05) is 6.54 Å². The molecule has 0 aliphatic heterocycles. The molecule has 0 fully saturated rings. The van der Waals surface area contributed by atoms with E-state index in [0.29, 0.717) is 17.3 Å². The second-order valence-corrected chi connectivity index (χ2v) is 5.51. The number of carbonyl (C=O) groups excluding carboxylic acids is 1. The van der Waals surface area contributed by atoms with Gasteiger partial charge in [-0.05, 0) is 24.6 Å². The van der Waals surface area contributed by atoms with Crippen molar-refractivity contribution < 1.29 is 4.79 Å². The number of aryl methyl sites for hydroxylation is 2. The van der Waals surface area contributed by atoms with Gasteiger partial charge in [-0.15, -0.1) is 0 Å². The van der Waals surface area contributed by atoms with E-state index in [4.69, 9.17) is 11.6 Å². The van der Waals surface area contributed by atoms with Crippen molar-refractivity contribution >= 4 is 28.7 Å². The van der Waals surface area contributed by atoms with Crippen molar-refractivity contribution in [3.63, 3.8) is 0 Å². The van der Waals surface area contributed by atoms with Crippen LogP contribution in [0, 0.1) is 0 Å². The summed E-state index contributed by atoms with van der Waals surface area (Å²) in [6, 6.07) is 5.47. The Kier molecular flexibility index (Phi) is 4.11. The van der Waals surface area contributed by atoms with Crippen LogP contribution in [0.4, 0.5) is 0 Å². The first-order valence-corrected chi connectivity index (χ1v) is 7.41. The van der Waals surface area contributed by atoms with E-state index in [9.17, 15) is 4.79 Å². The number of carbonyl (C=O) groups is 1. The van der Waals surface area contributed by atoms with Gasteiger partial charge < -0.3 is 14.9 Å². The van der Waals surface area contributed by atoms with Crippen LogP contribution < -0.4 is 5.32 Å². The van der Waals surface area contributed by atoms with Gasteiger partial charge in [0, 0.05) is 32.4 Å². The zero-order valence-electron chi connectivity index (χ0n) is 12.1. The number of H-pyrrole nitrogens is 1. The fraction of sp³-hybridized carbons (Fsp3) is 0.267. The molecule has 114 valence electrons. The lowest BCUT2D eigenvalue weighted by Gasteiger charge is -2.05. The Hall–Kier alpha value is -2.34. The number of hydrogen-bond acceptors (Lipinski definition) is 3. The summed E-state index contributed by atoms with van der Waals surface area (Å²) in [6.07, 6.45) is 4.98. The molecule has 0 bridgehead atoms. The minimum atomic E-state index is -0.124. The summed E-state index contributed by atoms with van der Waals surface area (Å²) >= 11 is 5.87. The van der Waals surface area contributed by atoms with Gasteiger partial charge in [0.1, 0.15) is 11.5 Å². The van der Waals surface area contributed by atoms with Crippen LogP contribution >= 0.6 is 11.6 Å². The smallest absolute Gasteiger partial charge is 0.267 e. The summed E-state index contributed by atoms with van der Waals surface area (Å²) in [6.45, 7) is 0.576. The quantitative estimate of drug-likeness (QED) is 0.709. The summed E-state index contributed by atoms with van der Waals surface area (Å²) in [7, 11) is 1.79. The van der Waals surface area contributed by atoms with Gasteiger partial charge in [-0.3, -0.25) is 4.79 Å². The lowest BCUT2D eigenvalue weighted by molar-refractivity contribution is 0.0945. The van der Waals surface area contributed by atoms with Crippen LogP contribution in [-0.2, 0) is 13.5 Å². The van der Waals surface area contributed by atoms with E-state index < -0.39 is 0 Å². The molecule has 6 nitrogen and oxygen atoms in total. The van der Waals surface area contributed by atoms with Crippen LogP contribution in [0.25, 0.3) is 11.2 Å². The fourth-order valence-corrected chi connectivity index (χ4v) is 2.56. The molecule has 0 aliphatic rings. The second-order valence-electron chi connectivity index (χ2n) is 5.07. The molecule has 1 amide bonds. The minimum Gasteiger partial charge on any atom is -0.351 e. The van der Waals surface area contributed by atoms with Crippen molar-refractivity contribution in [3.8, 4) is 0 Å². The molecule has 0 aromatic carbocycles. The lowest BCUT2D eigenvalue weighted by atomic mass is 10.3. The third-order valence-corrected chi connectivity index (χ3v) is 3.59. The molecule has 3 heterocycles. The number of halogens is 1. The Morgan fingerprint density at radius 1 is 1.50 bits per heavy atom. The van der Waals surface area contributed by atoms with Crippen LogP contribution in [0.2, 0.25) is 5.02 Å². The van der Waals surface area contributed by atoms with Crippen LogP contribution in [0.15, 0.2) is 30.6 Å². The number of rotatable bonds is 5. The molecule has 3 aromatic rings. The maximum absolute atomic E-state index is 12.0. The molecule has 0 aliphatic carbocycles. The first-order chi connectivity index (χ1) is 10.6. The molecule has 0 spiro atoms. The van der Waals surface area contributed by atoms with Gasteiger partial charge in [0.2, 0.25) is 0 Å². The van der Waals surface area contributed by atoms with Gasteiger partial charge in [0.15, 0.2) is 5.65 Å². The molecule has 3 aromatic heterocycles. The van der Waals surface area contributed by atoms with E-state index >= 15 is 0 Å². The molecule has 22 heavy (non-hydrogen) atoms. The normalized spacial score (nSPS) is 11.0. The molecule has 0 saturated carbocycles. The largest absolute Gasteiger partial charge is 0.351 e. The van der Waals surface area contributed by atoms with Crippen LogP contribution in [0.3, 0.4) is 0 Å². The highest BCUT2D eigenvalue weighted by atomic mass is 35.5. The van der Waals surface area contributed by atoms with Crippen molar-refractivity contribution in [1.29, 1.82) is 0 Å². The van der Waals surface area contributed by atoms with Crippen LogP contribution in [-0.4, -0.2) is 32.0 Å². The molecular formula is C15H16ClN5O. The van der Waals surface area contributed by atoms with E-state index in [1.54, 1.807) is 30.1 Å². The number of nitrogens with one attached hydrogen (secondary N) is 2.